The third kappa shape index (κ3) is 1.87. The highest BCUT2D eigenvalue weighted by Gasteiger charge is 2.26. The van der Waals surface area contributed by atoms with Crippen LogP contribution in [0.15, 0.2) is 0 Å². The summed E-state index contributed by atoms with van der Waals surface area (Å²) in [5.41, 5.74) is 6.69. The Labute approximate surface area is 87.4 Å². The molecule has 0 saturated heterocycles. The smallest absolute Gasteiger partial charge is 0.223 e. The lowest BCUT2D eigenvalue weighted by Crippen LogP contribution is -2.22. The second-order valence-electron chi connectivity index (χ2n) is 3.36. The summed E-state index contributed by atoms with van der Waals surface area (Å²) in [6, 6.07) is 0. The molecule has 1 aliphatic heterocycles. The number of nitrogen functional groups attached to an aromatic ring is 1. The number of aromatic nitrogens is 2. The van der Waals surface area contributed by atoms with Gasteiger partial charge in [-0.2, -0.15) is 4.98 Å². The molecule has 2 N–H and O–H groups in total. The average molecular weight is 229 g/mol. The van der Waals surface area contributed by atoms with Crippen LogP contribution < -0.4 is 10.5 Å². The van der Waals surface area contributed by atoms with Crippen LogP contribution in [0.25, 0.3) is 0 Å². The van der Waals surface area contributed by atoms with Crippen molar-refractivity contribution in [2.75, 3.05) is 18.6 Å². The first-order chi connectivity index (χ1) is 7.02. The molecule has 0 fully saturated rings. The minimum absolute atomic E-state index is 0.0637. The molecule has 15 heavy (non-hydrogen) atoms. The van der Waals surface area contributed by atoms with Gasteiger partial charge in [0.15, 0.2) is 9.84 Å². The van der Waals surface area contributed by atoms with Gasteiger partial charge in [-0.05, 0) is 0 Å². The molecule has 0 spiro atoms. The molecule has 0 saturated carbocycles. The Kier molecular flexibility index (Phi) is 2.26. The number of ether oxygens (including phenoxy) is 1. The summed E-state index contributed by atoms with van der Waals surface area (Å²) in [6.45, 7) is 0. The van der Waals surface area contributed by atoms with Crippen LogP contribution in [0.4, 0.5) is 5.95 Å². The summed E-state index contributed by atoms with van der Waals surface area (Å²) in [4.78, 5) is 7.86. The number of sulfone groups is 1. The molecule has 1 aromatic rings. The standard InChI is InChI=1S/C8H11N3O3S/c1-14-7-5-4-15(12,13)3-2-6(5)10-8(9)11-7/h2-4H2,1H3,(H2,9,10,11). The van der Waals surface area contributed by atoms with Gasteiger partial charge in [-0.1, -0.05) is 0 Å². The molecule has 7 heteroatoms. The Balaban J connectivity index is 2.57. The first-order valence-electron chi connectivity index (χ1n) is 4.41. The third-order valence-corrected chi connectivity index (χ3v) is 3.83. The van der Waals surface area contributed by atoms with Crippen molar-refractivity contribution in [3.8, 4) is 5.88 Å². The Morgan fingerprint density at radius 1 is 1.40 bits per heavy atom. The Hall–Kier alpha value is -1.37. The number of fused-ring (bicyclic) bond motifs is 1. The van der Waals surface area contributed by atoms with Gasteiger partial charge in [-0.3, -0.25) is 0 Å². The van der Waals surface area contributed by atoms with E-state index in [9.17, 15) is 8.42 Å². The second-order valence-corrected chi connectivity index (χ2v) is 5.54. The molecular formula is C8H11N3O3S. The van der Waals surface area contributed by atoms with Gasteiger partial charge >= 0.3 is 0 Å². The van der Waals surface area contributed by atoms with E-state index in [4.69, 9.17) is 10.5 Å². The molecule has 1 aromatic heterocycles. The minimum Gasteiger partial charge on any atom is -0.481 e. The van der Waals surface area contributed by atoms with Crippen molar-refractivity contribution in [2.45, 2.75) is 12.2 Å². The van der Waals surface area contributed by atoms with Gasteiger partial charge in [0.2, 0.25) is 11.8 Å². The average Bonchev–Trinajstić information content (AvgIpc) is 2.17. The van der Waals surface area contributed by atoms with E-state index in [2.05, 4.69) is 9.97 Å². The highest BCUT2D eigenvalue weighted by Crippen LogP contribution is 2.26. The van der Waals surface area contributed by atoms with Crippen molar-refractivity contribution in [1.82, 2.24) is 9.97 Å². The zero-order valence-corrected chi connectivity index (χ0v) is 9.04. The van der Waals surface area contributed by atoms with Crippen LogP contribution >= 0.6 is 0 Å². The number of nitrogens with two attached hydrogens (primary N) is 1. The quantitative estimate of drug-likeness (QED) is 0.700. The number of anilines is 1. The number of methoxy groups -OCH3 is 1. The molecule has 0 atom stereocenters. The monoisotopic (exact) mass is 229 g/mol. The first-order valence-corrected chi connectivity index (χ1v) is 6.23. The molecular weight excluding hydrogens is 218 g/mol. The Morgan fingerprint density at radius 3 is 2.80 bits per heavy atom. The zero-order valence-electron chi connectivity index (χ0n) is 8.23. The number of nitrogens with zero attached hydrogens (tertiary/aromatic N) is 2. The van der Waals surface area contributed by atoms with Gasteiger partial charge in [0, 0.05) is 6.42 Å². The van der Waals surface area contributed by atoms with E-state index in [0.717, 1.165) is 0 Å². The van der Waals surface area contributed by atoms with Crippen LogP contribution in [0.1, 0.15) is 11.3 Å². The first kappa shape index (κ1) is 10.2. The molecule has 2 heterocycles. The molecule has 1 aliphatic rings. The lowest BCUT2D eigenvalue weighted by atomic mass is 10.2. The van der Waals surface area contributed by atoms with E-state index in [1.54, 1.807) is 0 Å². The van der Waals surface area contributed by atoms with Crippen LogP contribution in [-0.4, -0.2) is 31.2 Å². The van der Waals surface area contributed by atoms with Crippen LogP contribution in [0, 0.1) is 0 Å². The van der Waals surface area contributed by atoms with E-state index in [-0.39, 0.29) is 23.3 Å². The van der Waals surface area contributed by atoms with Crippen molar-refractivity contribution in [1.29, 1.82) is 0 Å². The molecule has 0 unspecified atom stereocenters. The minimum atomic E-state index is -3.04. The van der Waals surface area contributed by atoms with Crippen molar-refractivity contribution in [3.05, 3.63) is 11.3 Å². The lowest BCUT2D eigenvalue weighted by molar-refractivity contribution is 0.392. The molecule has 2 rings (SSSR count). The number of hydrogen-bond donors (Lipinski definition) is 1. The van der Waals surface area contributed by atoms with Gasteiger partial charge in [-0.25, -0.2) is 13.4 Å². The predicted molar refractivity (Wildman–Crippen MR) is 54.2 cm³/mol. The van der Waals surface area contributed by atoms with Crippen LogP contribution in [0.5, 0.6) is 5.88 Å². The summed E-state index contributed by atoms with van der Waals surface area (Å²) in [5.74, 6) is 0.427. The number of hydrogen-bond acceptors (Lipinski definition) is 6. The highest BCUT2D eigenvalue weighted by molar-refractivity contribution is 7.90. The summed E-state index contributed by atoms with van der Waals surface area (Å²) >= 11 is 0. The third-order valence-electron chi connectivity index (χ3n) is 2.28. The molecule has 0 radical (unpaired) electrons. The maximum absolute atomic E-state index is 11.4. The second kappa shape index (κ2) is 3.34. The summed E-state index contributed by atoms with van der Waals surface area (Å²) < 4.78 is 27.8. The normalized spacial score (nSPS) is 18.2. The fourth-order valence-corrected chi connectivity index (χ4v) is 2.97. The largest absolute Gasteiger partial charge is 0.481 e. The van der Waals surface area contributed by atoms with Gasteiger partial charge in [-0.15, -0.1) is 0 Å². The van der Waals surface area contributed by atoms with Gasteiger partial charge < -0.3 is 10.5 Å². The SMILES string of the molecule is COc1nc(N)nc2c1CS(=O)(=O)CC2. The van der Waals surface area contributed by atoms with E-state index in [1.165, 1.54) is 7.11 Å². The fourth-order valence-electron chi connectivity index (χ4n) is 1.59. The van der Waals surface area contributed by atoms with Crippen molar-refractivity contribution < 1.29 is 13.2 Å². The highest BCUT2D eigenvalue weighted by atomic mass is 32.2. The van der Waals surface area contributed by atoms with E-state index >= 15 is 0 Å². The van der Waals surface area contributed by atoms with Gasteiger partial charge in [0.1, 0.15) is 0 Å². The molecule has 0 bridgehead atoms. The number of aryl methyl sites for hydroxylation is 1. The molecule has 0 amide bonds. The molecule has 82 valence electrons. The molecule has 0 aliphatic carbocycles. The summed E-state index contributed by atoms with van der Waals surface area (Å²) in [5, 5.41) is 0. The maximum atomic E-state index is 11.4. The molecule has 6 nitrogen and oxygen atoms in total. The van der Waals surface area contributed by atoms with E-state index in [1.807, 2.05) is 0 Å². The zero-order chi connectivity index (χ0) is 11.1. The van der Waals surface area contributed by atoms with Crippen molar-refractivity contribution >= 4 is 15.8 Å². The van der Waals surface area contributed by atoms with Crippen LogP contribution in [0.2, 0.25) is 0 Å². The van der Waals surface area contributed by atoms with Crippen LogP contribution in [-0.2, 0) is 22.0 Å². The van der Waals surface area contributed by atoms with E-state index in [0.29, 0.717) is 17.7 Å². The maximum Gasteiger partial charge on any atom is 0.223 e. The summed E-state index contributed by atoms with van der Waals surface area (Å²) in [7, 11) is -1.61. The van der Waals surface area contributed by atoms with Crippen LogP contribution in [0.3, 0.4) is 0 Å². The number of rotatable bonds is 1. The molecule has 0 aromatic carbocycles. The predicted octanol–water partition coefficient (Wildman–Crippen LogP) is -0.462. The Bertz CT molecular complexity index is 481. The van der Waals surface area contributed by atoms with E-state index < -0.39 is 9.84 Å². The Morgan fingerprint density at radius 2 is 2.13 bits per heavy atom. The lowest BCUT2D eigenvalue weighted by Gasteiger charge is -2.17. The van der Waals surface area contributed by atoms with Gasteiger partial charge in [0.25, 0.3) is 0 Å². The summed E-state index contributed by atoms with van der Waals surface area (Å²) in [6.07, 6.45) is 0.376. The van der Waals surface area contributed by atoms with Crippen molar-refractivity contribution in [2.24, 2.45) is 0 Å². The van der Waals surface area contributed by atoms with Gasteiger partial charge in [0.05, 0.1) is 29.9 Å². The fraction of sp³-hybridized carbons (Fsp3) is 0.500. The topological polar surface area (TPSA) is 95.2 Å². The van der Waals surface area contributed by atoms with Crippen molar-refractivity contribution in [3.63, 3.8) is 0 Å².